The van der Waals surface area contributed by atoms with Crippen molar-refractivity contribution >= 4 is 51.4 Å². The molecule has 0 saturated carbocycles. The van der Waals surface area contributed by atoms with Crippen molar-refractivity contribution in [1.29, 1.82) is 0 Å². The van der Waals surface area contributed by atoms with Gasteiger partial charge >= 0.3 is 5.63 Å². The summed E-state index contributed by atoms with van der Waals surface area (Å²) >= 11 is 12.9. The molecule has 0 aliphatic heterocycles. The van der Waals surface area contributed by atoms with Crippen LogP contribution in [0.2, 0.25) is 10.0 Å². The maximum Gasteiger partial charge on any atom is 0.344 e. The van der Waals surface area contributed by atoms with Gasteiger partial charge in [0.2, 0.25) is 0 Å². The number of ether oxygens (including phenoxy) is 2. The molecule has 0 amide bonds. The van der Waals surface area contributed by atoms with E-state index in [0.717, 1.165) is 5.56 Å². The first-order valence-electron chi connectivity index (χ1n) is 10.2. The van der Waals surface area contributed by atoms with Gasteiger partial charge in [-0.2, -0.15) is 0 Å². The van der Waals surface area contributed by atoms with Crippen LogP contribution < -0.4 is 20.4 Å². The minimum Gasteiger partial charge on any atom is -0.495 e. The van der Waals surface area contributed by atoms with Crippen LogP contribution in [0.3, 0.4) is 0 Å². The summed E-state index contributed by atoms with van der Waals surface area (Å²) in [6.07, 6.45) is 1.47. The van der Waals surface area contributed by atoms with E-state index in [0.29, 0.717) is 16.6 Å². The first-order valence-corrected chi connectivity index (χ1v) is 11.0. The lowest BCUT2D eigenvalue weighted by Gasteiger charge is -2.14. The Hall–Kier alpha value is -3.82. The summed E-state index contributed by atoms with van der Waals surface area (Å²) in [6, 6.07) is 7.84. The molecule has 0 atom stereocenters. The number of nitrogens with one attached hydrogen (secondary N) is 1. The van der Waals surface area contributed by atoms with Crippen LogP contribution in [-0.2, 0) is 0 Å². The molecule has 0 aliphatic carbocycles. The lowest BCUT2D eigenvalue weighted by atomic mass is 10.1. The molecule has 0 bridgehead atoms. The van der Waals surface area contributed by atoms with Crippen molar-refractivity contribution in [1.82, 2.24) is 4.98 Å². The lowest BCUT2D eigenvalue weighted by molar-refractivity contribution is -0.384. The summed E-state index contributed by atoms with van der Waals surface area (Å²) in [4.78, 5) is 28.3. The molecule has 0 unspecified atom stereocenters. The van der Waals surface area contributed by atoms with E-state index in [2.05, 4.69) is 10.3 Å². The summed E-state index contributed by atoms with van der Waals surface area (Å²) in [5, 5.41) is 15.2. The van der Waals surface area contributed by atoms with Crippen molar-refractivity contribution in [3.8, 4) is 22.6 Å². The average molecular weight is 516 g/mol. The van der Waals surface area contributed by atoms with E-state index in [1.807, 2.05) is 6.07 Å². The van der Waals surface area contributed by atoms with Gasteiger partial charge in [0.25, 0.3) is 5.69 Å². The Labute approximate surface area is 209 Å². The molecule has 180 valence electrons. The third kappa shape index (κ3) is 4.48. The molecule has 1 N–H and O–H groups in total. The fraction of sp³-hybridized carbons (Fsp3) is 0.167. The molecule has 11 heteroatoms. The number of hydrogen-bond acceptors (Lipinski definition) is 8. The van der Waals surface area contributed by atoms with Crippen molar-refractivity contribution in [2.45, 2.75) is 13.8 Å². The zero-order valence-corrected chi connectivity index (χ0v) is 20.6. The predicted octanol–water partition coefficient (Wildman–Crippen LogP) is 6.45. The number of nitrogens with zero attached hydrogens (tertiary/aromatic N) is 2. The van der Waals surface area contributed by atoms with Gasteiger partial charge in [0.05, 0.1) is 34.8 Å². The summed E-state index contributed by atoms with van der Waals surface area (Å²) < 4.78 is 16.1. The van der Waals surface area contributed by atoms with Gasteiger partial charge in [-0.15, -0.1) is 0 Å². The van der Waals surface area contributed by atoms with E-state index < -0.39 is 10.5 Å². The van der Waals surface area contributed by atoms with Crippen LogP contribution >= 0.6 is 23.2 Å². The van der Waals surface area contributed by atoms with Gasteiger partial charge in [0, 0.05) is 35.3 Å². The quantitative estimate of drug-likeness (QED) is 0.230. The number of aryl methyl sites for hydroxylation is 2. The second-order valence-electron chi connectivity index (χ2n) is 7.70. The van der Waals surface area contributed by atoms with E-state index in [1.54, 1.807) is 19.9 Å². The number of pyridine rings is 1. The smallest absolute Gasteiger partial charge is 0.344 e. The summed E-state index contributed by atoms with van der Waals surface area (Å²) in [5.74, 6) is 0.813. The van der Waals surface area contributed by atoms with Crippen molar-refractivity contribution < 1.29 is 18.8 Å². The van der Waals surface area contributed by atoms with Gasteiger partial charge in [-0.25, -0.2) is 9.78 Å². The van der Waals surface area contributed by atoms with Crippen LogP contribution in [0.25, 0.3) is 22.1 Å². The zero-order valence-electron chi connectivity index (χ0n) is 19.1. The number of rotatable bonds is 6. The van der Waals surface area contributed by atoms with Gasteiger partial charge in [-0.3, -0.25) is 10.1 Å². The summed E-state index contributed by atoms with van der Waals surface area (Å²) in [6.45, 7) is 3.53. The van der Waals surface area contributed by atoms with E-state index in [4.69, 9.17) is 37.1 Å². The monoisotopic (exact) mass is 515 g/mol. The second-order valence-corrected chi connectivity index (χ2v) is 8.45. The molecule has 2 heterocycles. The third-order valence-electron chi connectivity index (χ3n) is 5.37. The molecular weight excluding hydrogens is 497 g/mol. The van der Waals surface area contributed by atoms with Crippen LogP contribution in [0.15, 0.2) is 45.7 Å². The fourth-order valence-corrected chi connectivity index (χ4v) is 4.46. The molecular formula is C24H19Cl2N3O6. The maximum atomic E-state index is 12.9. The van der Waals surface area contributed by atoms with Crippen LogP contribution in [0.5, 0.6) is 11.5 Å². The third-order valence-corrected chi connectivity index (χ3v) is 6.12. The number of nitro benzene ring substituents is 1. The maximum absolute atomic E-state index is 12.9. The second kappa shape index (κ2) is 9.44. The fourth-order valence-electron chi connectivity index (χ4n) is 3.76. The lowest BCUT2D eigenvalue weighted by Crippen LogP contribution is -2.06. The molecule has 2 aromatic heterocycles. The SMILES string of the molecule is COc1cc(OC)c(Cl)c(-c2cc3cnc(Nc4c(C)cc(C)cc4[N+](=O)[O-])cc3oc2=O)c1Cl. The molecule has 2 aromatic carbocycles. The molecule has 0 saturated heterocycles. The van der Waals surface area contributed by atoms with E-state index >= 15 is 0 Å². The largest absolute Gasteiger partial charge is 0.495 e. The van der Waals surface area contributed by atoms with Crippen molar-refractivity contribution in [3.63, 3.8) is 0 Å². The summed E-state index contributed by atoms with van der Waals surface area (Å²) in [5.41, 5.74) is 1.45. The van der Waals surface area contributed by atoms with Crippen molar-refractivity contribution in [3.05, 3.63) is 78.2 Å². The number of aromatic nitrogens is 1. The van der Waals surface area contributed by atoms with Crippen LogP contribution in [0, 0.1) is 24.0 Å². The van der Waals surface area contributed by atoms with E-state index in [1.165, 1.54) is 38.6 Å². The Kier molecular flexibility index (Phi) is 6.56. The molecule has 35 heavy (non-hydrogen) atoms. The Morgan fingerprint density at radius 2 is 1.69 bits per heavy atom. The number of anilines is 2. The number of methoxy groups -OCH3 is 2. The van der Waals surface area contributed by atoms with Crippen molar-refractivity contribution in [2.75, 3.05) is 19.5 Å². The standard InChI is InChI=1S/C24H19Cl2N3O6/c1-11-5-12(2)23(15(6-11)29(31)32)28-19-9-16-13(10-27-19)7-14(24(30)35-16)20-21(25)17(33-3)8-18(34-4)22(20)26/h5-10H,1-4H3,(H,27,28). The highest BCUT2D eigenvalue weighted by Crippen LogP contribution is 2.45. The Balaban J connectivity index is 1.82. The molecule has 0 fully saturated rings. The van der Waals surface area contributed by atoms with Gasteiger partial charge in [0.15, 0.2) is 0 Å². The minimum atomic E-state index is -0.703. The highest BCUT2D eigenvalue weighted by molar-refractivity contribution is 6.41. The zero-order chi connectivity index (χ0) is 25.4. The Morgan fingerprint density at radius 1 is 1.03 bits per heavy atom. The van der Waals surface area contributed by atoms with Gasteiger partial charge in [0.1, 0.15) is 28.6 Å². The first-order chi connectivity index (χ1) is 16.6. The predicted molar refractivity (Wildman–Crippen MR) is 135 cm³/mol. The average Bonchev–Trinajstić information content (AvgIpc) is 2.81. The van der Waals surface area contributed by atoms with Crippen LogP contribution in [0.1, 0.15) is 11.1 Å². The topological polar surface area (TPSA) is 117 Å². The molecule has 0 aliphatic rings. The Bertz CT molecular complexity index is 1520. The van der Waals surface area contributed by atoms with E-state index in [9.17, 15) is 14.9 Å². The number of fused-ring (bicyclic) bond motifs is 1. The number of halogens is 2. The van der Waals surface area contributed by atoms with Gasteiger partial charge in [-0.1, -0.05) is 29.3 Å². The number of hydrogen-bond donors (Lipinski definition) is 1. The molecule has 4 aromatic rings. The first kappa shape index (κ1) is 24.3. The normalized spacial score (nSPS) is 10.9. The highest BCUT2D eigenvalue weighted by Gasteiger charge is 2.23. The number of nitro groups is 1. The van der Waals surface area contributed by atoms with Crippen molar-refractivity contribution in [2.24, 2.45) is 0 Å². The minimum absolute atomic E-state index is 0.0857. The highest BCUT2D eigenvalue weighted by atomic mass is 35.5. The Morgan fingerprint density at radius 3 is 2.29 bits per heavy atom. The number of benzene rings is 2. The van der Waals surface area contributed by atoms with Gasteiger partial charge < -0.3 is 19.2 Å². The molecule has 4 rings (SSSR count). The molecule has 0 radical (unpaired) electrons. The summed E-state index contributed by atoms with van der Waals surface area (Å²) in [7, 11) is 2.86. The van der Waals surface area contributed by atoms with Crippen LogP contribution in [0.4, 0.5) is 17.2 Å². The van der Waals surface area contributed by atoms with Gasteiger partial charge in [-0.05, 0) is 31.0 Å². The van der Waals surface area contributed by atoms with E-state index in [-0.39, 0.29) is 49.8 Å². The molecule has 0 spiro atoms. The van der Waals surface area contributed by atoms with Crippen LogP contribution in [-0.4, -0.2) is 24.1 Å². The molecule has 9 nitrogen and oxygen atoms in total.